The van der Waals surface area contributed by atoms with Gasteiger partial charge < -0.3 is 14.7 Å². The molecule has 7 heteroatoms. The van der Waals surface area contributed by atoms with Crippen LogP contribution in [0.2, 0.25) is 0 Å². The molecule has 7 nitrogen and oxygen atoms in total. The Morgan fingerprint density at radius 3 is 2.57 bits per heavy atom. The summed E-state index contributed by atoms with van der Waals surface area (Å²) in [5.41, 5.74) is 2.93. The first-order valence-corrected chi connectivity index (χ1v) is 10.3. The van der Waals surface area contributed by atoms with E-state index in [4.69, 9.17) is 4.74 Å². The monoisotopic (exact) mass is 390 g/mol. The van der Waals surface area contributed by atoms with E-state index in [-0.39, 0.29) is 18.0 Å². The molecule has 3 atom stereocenters. The summed E-state index contributed by atoms with van der Waals surface area (Å²) in [6, 6.07) is -0.0676. The van der Waals surface area contributed by atoms with E-state index in [1.807, 2.05) is 38.7 Å². The fraction of sp³-hybridized carbons (Fsp3) is 0.714. The fourth-order valence-corrected chi connectivity index (χ4v) is 4.50. The van der Waals surface area contributed by atoms with Crippen molar-refractivity contribution >= 4 is 12.0 Å². The molecule has 0 radical (unpaired) electrons. The zero-order valence-electron chi connectivity index (χ0n) is 17.6. The van der Waals surface area contributed by atoms with Crippen molar-refractivity contribution in [3.05, 3.63) is 23.0 Å². The van der Waals surface area contributed by atoms with Crippen molar-refractivity contribution in [2.75, 3.05) is 33.4 Å². The third-order valence-corrected chi connectivity index (χ3v) is 6.36. The normalized spacial score (nSPS) is 27.1. The van der Waals surface area contributed by atoms with Gasteiger partial charge in [-0.3, -0.25) is 14.4 Å². The van der Waals surface area contributed by atoms with Gasteiger partial charge in [0.25, 0.3) is 0 Å². The van der Waals surface area contributed by atoms with Gasteiger partial charge in [-0.15, -0.1) is 0 Å². The van der Waals surface area contributed by atoms with Gasteiger partial charge in [0, 0.05) is 50.6 Å². The third-order valence-electron chi connectivity index (χ3n) is 6.36. The number of aryl methyl sites for hydroxylation is 2. The Hall–Kier alpha value is -1.70. The number of ether oxygens (including phenoxy) is 1. The van der Waals surface area contributed by atoms with Crippen LogP contribution in [0.3, 0.4) is 0 Å². The Bertz CT molecular complexity index is 709. The Morgan fingerprint density at radius 1 is 1.25 bits per heavy atom. The molecule has 0 aromatic carbocycles. The number of aliphatic hydroxyl groups excluding tert-OH is 1. The molecular formula is C21H34N4O3. The van der Waals surface area contributed by atoms with Crippen LogP contribution in [0.4, 0.5) is 0 Å². The first-order valence-electron chi connectivity index (χ1n) is 10.3. The van der Waals surface area contributed by atoms with Gasteiger partial charge in [-0.1, -0.05) is 12.8 Å². The second-order valence-corrected chi connectivity index (χ2v) is 8.05. The van der Waals surface area contributed by atoms with Crippen LogP contribution in [0.5, 0.6) is 0 Å². The molecular weight excluding hydrogens is 356 g/mol. The van der Waals surface area contributed by atoms with Crippen LogP contribution >= 0.6 is 0 Å². The second kappa shape index (κ2) is 9.20. The lowest BCUT2D eigenvalue weighted by Crippen LogP contribution is -2.55. The van der Waals surface area contributed by atoms with Crippen LogP contribution in [0.25, 0.3) is 6.08 Å². The van der Waals surface area contributed by atoms with E-state index in [2.05, 4.69) is 10.00 Å². The van der Waals surface area contributed by atoms with E-state index in [0.29, 0.717) is 0 Å². The topological polar surface area (TPSA) is 70.8 Å². The molecule has 1 N–H and O–H groups in total. The van der Waals surface area contributed by atoms with Gasteiger partial charge in [0.05, 0.1) is 31.1 Å². The van der Waals surface area contributed by atoms with Gasteiger partial charge in [0.1, 0.15) is 0 Å². The van der Waals surface area contributed by atoms with Gasteiger partial charge in [-0.05, 0) is 32.8 Å². The maximum atomic E-state index is 12.9. The first-order chi connectivity index (χ1) is 13.4. The van der Waals surface area contributed by atoms with Crippen LogP contribution < -0.4 is 0 Å². The maximum absolute atomic E-state index is 12.9. The summed E-state index contributed by atoms with van der Waals surface area (Å²) in [6.07, 6.45) is 6.85. The van der Waals surface area contributed by atoms with E-state index in [0.717, 1.165) is 68.9 Å². The maximum Gasteiger partial charge on any atom is 0.246 e. The molecule has 1 aliphatic heterocycles. The molecule has 156 valence electrons. The van der Waals surface area contributed by atoms with Crippen LogP contribution in [-0.4, -0.2) is 82.1 Å². The highest BCUT2D eigenvalue weighted by atomic mass is 16.5. The van der Waals surface area contributed by atoms with Crippen molar-refractivity contribution in [1.82, 2.24) is 19.6 Å². The minimum atomic E-state index is -0.537. The molecule has 28 heavy (non-hydrogen) atoms. The Kier molecular flexibility index (Phi) is 6.91. The van der Waals surface area contributed by atoms with Gasteiger partial charge in [-0.2, -0.15) is 5.10 Å². The Balaban J connectivity index is 1.71. The molecule has 3 rings (SSSR count). The predicted molar refractivity (Wildman–Crippen MR) is 109 cm³/mol. The van der Waals surface area contributed by atoms with Gasteiger partial charge >= 0.3 is 0 Å². The van der Waals surface area contributed by atoms with Crippen molar-refractivity contribution in [1.29, 1.82) is 0 Å². The summed E-state index contributed by atoms with van der Waals surface area (Å²) in [6.45, 7) is 7.08. The van der Waals surface area contributed by atoms with Gasteiger partial charge in [0.15, 0.2) is 0 Å². The predicted octanol–water partition coefficient (Wildman–Crippen LogP) is 1.51. The van der Waals surface area contributed by atoms with Crippen molar-refractivity contribution < 1.29 is 14.6 Å². The smallest absolute Gasteiger partial charge is 0.246 e. The number of amides is 1. The molecule has 1 aliphatic carbocycles. The lowest BCUT2D eigenvalue weighted by Gasteiger charge is -2.40. The highest BCUT2D eigenvalue weighted by molar-refractivity contribution is 5.92. The average Bonchev–Trinajstić information content (AvgIpc) is 2.84. The van der Waals surface area contributed by atoms with E-state index in [1.165, 1.54) is 0 Å². The average molecular weight is 391 g/mol. The molecule has 2 heterocycles. The Morgan fingerprint density at radius 2 is 1.93 bits per heavy atom. The van der Waals surface area contributed by atoms with Crippen LogP contribution in [0.15, 0.2) is 6.08 Å². The zero-order chi connectivity index (χ0) is 20.3. The second-order valence-electron chi connectivity index (χ2n) is 8.05. The summed E-state index contributed by atoms with van der Waals surface area (Å²) >= 11 is 0. The highest BCUT2D eigenvalue weighted by Gasteiger charge is 2.37. The molecule has 0 unspecified atom stereocenters. The van der Waals surface area contributed by atoms with Crippen molar-refractivity contribution in [3.63, 3.8) is 0 Å². The molecule has 1 amide bonds. The molecule has 1 aromatic heterocycles. The summed E-state index contributed by atoms with van der Waals surface area (Å²) < 4.78 is 7.29. The minimum absolute atomic E-state index is 0.0747. The van der Waals surface area contributed by atoms with E-state index < -0.39 is 6.10 Å². The number of morpholine rings is 1. The molecule has 1 saturated heterocycles. The number of aliphatic hydroxyl groups is 1. The fourth-order valence-electron chi connectivity index (χ4n) is 4.50. The molecule has 1 saturated carbocycles. The van der Waals surface area contributed by atoms with E-state index in [1.54, 1.807) is 11.0 Å². The number of hydrogen-bond acceptors (Lipinski definition) is 5. The number of carbonyl (C=O) groups excluding carboxylic acids is 1. The number of carbonyl (C=O) groups is 1. The molecule has 2 fully saturated rings. The van der Waals surface area contributed by atoms with Gasteiger partial charge in [-0.25, -0.2) is 0 Å². The summed E-state index contributed by atoms with van der Waals surface area (Å²) in [7, 11) is 3.71. The number of hydrogen-bond donors (Lipinski definition) is 1. The number of rotatable bonds is 4. The van der Waals surface area contributed by atoms with Crippen molar-refractivity contribution in [2.45, 2.75) is 57.7 Å². The van der Waals surface area contributed by atoms with Crippen molar-refractivity contribution in [2.24, 2.45) is 7.05 Å². The molecule has 1 aromatic rings. The number of aromatic nitrogens is 2. The van der Waals surface area contributed by atoms with Gasteiger partial charge in [0.2, 0.25) is 5.91 Å². The highest BCUT2D eigenvalue weighted by Crippen LogP contribution is 2.27. The molecule has 0 spiro atoms. The lowest BCUT2D eigenvalue weighted by atomic mass is 9.98. The van der Waals surface area contributed by atoms with Crippen LogP contribution in [0, 0.1) is 13.8 Å². The summed E-state index contributed by atoms with van der Waals surface area (Å²) in [5, 5.41) is 15.5. The quantitative estimate of drug-likeness (QED) is 0.623. The Labute approximate surface area is 167 Å². The zero-order valence-corrected chi connectivity index (χ0v) is 17.6. The minimum Gasteiger partial charge on any atom is -0.389 e. The summed E-state index contributed by atoms with van der Waals surface area (Å²) in [5.74, 6) is -0.0747. The van der Waals surface area contributed by atoms with Crippen LogP contribution in [-0.2, 0) is 16.6 Å². The van der Waals surface area contributed by atoms with Crippen molar-refractivity contribution in [3.8, 4) is 0 Å². The van der Waals surface area contributed by atoms with E-state index in [9.17, 15) is 9.90 Å². The van der Waals surface area contributed by atoms with E-state index >= 15 is 0 Å². The largest absolute Gasteiger partial charge is 0.389 e. The summed E-state index contributed by atoms with van der Waals surface area (Å²) in [4.78, 5) is 16.9. The standard InChI is InChI=1S/C21H34N4O3/c1-15-17(16(2)24(4)22-15)9-10-20(26)23(3)18-7-5-6-8-19(21(18)27)25-11-13-28-14-12-25/h9-10,18-19,21,27H,5-8,11-14H2,1-4H3/b10-9+/t18-,19-,21-/m1/s1. The SMILES string of the molecule is Cc1nn(C)c(C)c1/C=C/C(=O)N(C)[C@@H]1CCCC[C@@H](N2CCOCC2)[C@@H]1O. The number of likely N-dealkylation sites (N-methyl/N-ethyl adjacent to an activating group) is 1. The molecule has 2 aliphatic rings. The molecule has 0 bridgehead atoms. The third kappa shape index (κ3) is 4.47. The first kappa shape index (κ1) is 21.0. The lowest BCUT2D eigenvalue weighted by molar-refractivity contribution is -0.130. The van der Waals surface area contributed by atoms with Crippen LogP contribution in [0.1, 0.15) is 42.6 Å². The number of nitrogens with zero attached hydrogens (tertiary/aromatic N) is 4.